The summed E-state index contributed by atoms with van der Waals surface area (Å²) in [6.07, 6.45) is 0.227. The van der Waals surface area contributed by atoms with Gasteiger partial charge in [0, 0.05) is 39.4 Å². The largest absolute Gasteiger partial charge is 0.368 e. The fourth-order valence-corrected chi connectivity index (χ4v) is 4.36. The second-order valence-corrected chi connectivity index (χ2v) is 10.7. The van der Waals surface area contributed by atoms with E-state index in [2.05, 4.69) is 42.5 Å². The van der Waals surface area contributed by atoms with Crippen LogP contribution in [0.2, 0.25) is 0 Å². The van der Waals surface area contributed by atoms with Crippen molar-refractivity contribution < 1.29 is 42.7 Å². The number of primary amides is 1. The molecule has 3 atom stereocenters. The molecular weight excluding hydrogens is 621 g/mol. The van der Waals surface area contributed by atoms with Gasteiger partial charge in [0.05, 0.1) is 25.7 Å². The Bertz CT molecular complexity index is 1290. The Morgan fingerprint density at radius 3 is 2.19 bits per heavy atom. The highest BCUT2D eigenvalue weighted by Gasteiger charge is 2.25. The van der Waals surface area contributed by atoms with Crippen LogP contribution in [0, 0.1) is 5.82 Å². The first-order chi connectivity index (χ1) is 22.3. The van der Waals surface area contributed by atoms with Gasteiger partial charge in [-0.3, -0.25) is 38.4 Å². The van der Waals surface area contributed by atoms with Crippen molar-refractivity contribution in [2.75, 3.05) is 39.3 Å². The Labute approximate surface area is 270 Å². The number of halogens is 1. The Morgan fingerprint density at radius 1 is 0.851 bits per heavy atom. The van der Waals surface area contributed by atoms with Crippen molar-refractivity contribution in [1.82, 2.24) is 42.5 Å². The van der Waals surface area contributed by atoms with Gasteiger partial charge in [0.25, 0.3) is 0 Å². The number of rotatable bonds is 6. The van der Waals surface area contributed by atoms with Crippen LogP contribution in [0.5, 0.6) is 0 Å². The molecule has 17 nitrogen and oxygen atoms in total. The molecule has 2 rings (SSSR count). The van der Waals surface area contributed by atoms with Crippen LogP contribution in [-0.2, 0) is 44.8 Å². The van der Waals surface area contributed by atoms with E-state index >= 15 is 0 Å². The molecule has 8 amide bonds. The minimum Gasteiger partial charge on any atom is -0.368 e. The number of carbonyl (C=O) groups excluding carboxylic acids is 8. The van der Waals surface area contributed by atoms with Crippen molar-refractivity contribution >= 4 is 47.3 Å². The normalized spacial score (nSPS) is 21.5. The summed E-state index contributed by atoms with van der Waals surface area (Å²) in [5.74, 6) is -5.52. The molecule has 1 heterocycles. The number of nitrogens with two attached hydrogens (primary N) is 1. The molecule has 1 aromatic rings. The average molecular weight is 664 g/mol. The number of hydrogen-bond donors (Lipinski definition) is 9. The van der Waals surface area contributed by atoms with Gasteiger partial charge in [-0.25, -0.2) is 4.39 Å². The van der Waals surface area contributed by atoms with Gasteiger partial charge in [-0.05, 0) is 37.0 Å². The van der Waals surface area contributed by atoms with E-state index in [0.29, 0.717) is 5.56 Å². The quantitative estimate of drug-likeness (QED) is 0.143. The molecule has 1 aliphatic heterocycles. The summed E-state index contributed by atoms with van der Waals surface area (Å²) in [6, 6.07) is 2.00. The van der Waals surface area contributed by atoms with Crippen LogP contribution in [0.25, 0.3) is 0 Å². The molecule has 1 aromatic carbocycles. The van der Waals surface area contributed by atoms with Crippen LogP contribution in [0.15, 0.2) is 24.3 Å². The molecule has 18 heteroatoms. The lowest BCUT2D eigenvalue weighted by Gasteiger charge is -2.21. The monoisotopic (exact) mass is 663 g/mol. The lowest BCUT2D eigenvalue weighted by atomic mass is 10.0. The molecule has 258 valence electrons. The van der Waals surface area contributed by atoms with Gasteiger partial charge in [0.2, 0.25) is 47.3 Å². The number of amides is 8. The topological polar surface area (TPSA) is 259 Å². The van der Waals surface area contributed by atoms with Gasteiger partial charge in [0.1, 0.15) is 17.9 Å². The molecule has 1 fully saturated rings. The maximum atomic E-state index is 13.4. The number of carbonyl (C=O) groups is 8. The fraction of sp³-hybridized carbons (Fsp3) is 0.517. The maximum Gasteiger partial charge on any atom is 0.243 e. The first-order valence-electron chi connectivity index (χ1n) is 15.0. The summed E-state index contributed by atoms with van der Waals surface area (Å²) in [6.45, 7) is 0.0957. The highest BCUT2D eigenvalue weighted by atomic mass is 19.1. The minimum absolute atomic E-state index is 0.0433. The maximum absolute atomic E-state index is 13.4. The summed E-state index contributed by atoms with van der Waals surface area (Å²) in [4.78, 5) is 98.8. The molecule has 1 aliphatic rings. The third-order valence-corrected chi connectivity index (χ3v) is 6.83. The van der Waals surface area contributed by atoms with Crippen LogP contribution in [0.3, 0.4) is 0 Å². The van der Waals surface area contributed by atoms with E-state index in [1.165, 1.54) is 31.2 Å². The van der Waals surface area contributed by atoms with E-state index in [-0.39, 0.29) is 57.6 Å². The average Bonchev–Trinajstić information content (AvgIpc) is 3.02. The van der Waals surface area contributed by atoms with Crippen molar-refractivity contribution in [2.24, 2.45) is 5.73 Å². The van der Waals surface area contributed by atoms with E-state index in [0.717, 1.165) is 0 Å². The highest BCUT2D eigenvalue weighted by Crippen LogP contribution is 2.07. The van der Waals surface area contributed by atoms with Gasteiger partial charge in [-0.2, -0.15) is 0 Å². The standard InChI is InChI=1S/C29H42FN9O8/c1-17(40)35-15-25(43)38-21-3-2-10-33-23(41)9-8-20(27(31)45)32-11-12-34-24(42)14-36-29(47)22(39-26(44)16-37-28(21)46)13-18-4-6-19(30)7-5-18/h4-7,20-22,32H,2-3,8-16H2,1H3,(H2,31,45)(H,33,41)(H,34,42)(H,35,40)(H,36,47)(H,37,46)(H,38,43)(H,39,44). The molecule has 0 spiro atoms. The lowest BCUT2D eigenvalue weighted by Crippen LogP contribution is -2.54. The van der Waals surface area contributed by atoms with Crippen molar-refractivity contribution in [1.29, 1.82) is 0 Å². The second kappa shape index (κ2) is 20.1. The summed E-state index contributed by atoms with van der Waals surface area (Å²) in [5.41, 5.74) is 5.93. The number of hydrogen-bond acceptors (Lipinski definition) is 9. The molecule has 0 aromatic heterocycles. The Morgan fingerprint density at radius 2 is 1.51 bits per heavy atom. The molecule has 0 radical (unpaired) electrons. The number of benzene rings is 1. The molecule has 0 bridgehead atoms. The van der Waals surface area contributed by atoms with Crippen molar-refractivity contribution in [3.8, 4) is 0 Å². The van der Waals surface area contributed by atoms with E-state index in [4.69, 9.17) is 5.73 Å². The Balaban J connectivity index is 2.19. The van der Waals surface area contributed by atoms with Crippen LogP contribution in [0.4, 0.5) is 4.39 Å². The van der Waals surface area contributed by atoms with Crippen LogP contribution in [-0.4, -0.2) is 105 Å². The van der Waals surface area contributed by atoms with Crippen molar-refractivity contribution in [2.45, 2.75) is 57.2 Å². The van der Waals surface area contributed by atoms with Crippen LogP contribution >= 0.6 is 0 Å². The fourth-order valence-electron chi connectivity index (χ4n) is 4.36. The second-order valence-electron chi connectivity index (χ2n) is 10.7. The molecule has 0 aliphatic carbocycles. The number of nitrogens with one attached hydrogen (secondary N) is 8. The van der Waals surface area contributed by atoms with Gasteiger partial charge < -0.3 is 48.3 Å². The zero-order valence-corrected chi connectivity index (χ0v) is 26.0. The van der Waals surface area contributed by atoms with E-state index in [1.807, 2.05) is 0 Å². The molecule has 3 unspecified atom stereocenters. The summed E-state index contributed by atoms with van der Waals surface area (Å²) in [7, 11) is 0. The van der Waals surface area contributed by atoms with E-state index < -0.39 is 84.9 Å². The zero-order chi connectivity index (χ0) is 34.8. The highest BCUT2D eigenvalue weighted by molar-refractivity contribution is 5.94. The van der Waals surface area contributed by atoms with Crippen molar-refractivity contribution in [3.05, 3.63) is 35.6 Å². The Hall–Kier alpha value is -5.13. The third-order valence-electron chi connectivity index (χ3n) is 6.83. The van der Waals surface area contributed by atoms with Crippen LogP contribution < -0.4 is 48.3 Å². The molecule has 47 heavy (non-hydrogen) atoms. The Kier molecular flexibility index (Phi) is 16.3. The third kappa shape index (κ3) is 15.6. The molecule has 1 saturated heterocycles. The zero-order valence-electron chi connectivity index (χ0n) is 26.0. The first-order valence-corrected chi connectivity index (χ1v) is 15.0. The van der Waals surface area contributed by atoms with Crippen LogP contribution in [0.1, 0.15) is 38.2 Å². The molecule has 0 saturated carbocycles. The van der Waals surface area contributed by atoms with E-state index in [1.54, 1.807) is 0 Å². The van der Waals surface area contributed by atoms with Gasteiger partial charge in [-0.15, -0.1) is 0 Å². The van der Waals surface area contributed by atoms with E-state index in [9.17, 15) is 42.7 Å². The minimum atomic E-state index is -1.21. The van der Waals surface area contributed by atoms with Crippen molar-refractivity contribution in [3.63, 3.8) is 0 Å². The van der Waals surface area contributed by atoms with Gasteiger partial charge >= 0.3 is 0 Å². The van der Waals surface area contributed by atoms with Gasteiger partial charge in [0.15, 0.2) is 0 Å². The smallest absolute Gasteiger partial charge is 0.243 e. The molecular formula is C29H42FN9O8. The molecule has 10 N–H and O–H groups in total. The first kappa shape index (κ1) is 38.1. The summed E-state index contributed by atoms with van der Waals surface area (Å²) >= 11 is 0. The summed E-state index contributed by atoms with van der Waals surface area (Å²) in [5, 5.41) is 20.2. The van der Waals surface area contributed by atoms with Gasteiger partial charge in [-0.1, -0.05) is 12.1 Å². The lowest BCUT2D eigenvalue weighted by molar-refractivity contribution is -0.132. The predicted molar refractivity (Wildman–Crippen MR) is 164 cm³/mol. The SMILES string of the molecule is CC(=O)NCC(=O)NC1CCCNC(=O)CCC(C(N)=O)NCCNC(=O)CNC(=O)C(Cc2ccc(F)cc2)NC(=O)CNC1=O. The summed E-state index contributed by atoms with van der Waals surface area (Å²) < 4.78 is 13.4. The predicted octanol–water partition coefficient (Wildman–Crippen LogP) is -4.04.